The topological polar surface area (TPSA) is 117 Å². The second-order valence-corrected chi connectivity index (χ2v) is 13.8. The molecular weight excluding hydrogens is 558 g/mol. The zero-order valence-corrected chi connectivity index (χ0v) is 25.2. The van der Waals surface area contributed by atoms with Crippen molar-refractivity contribution in [2.75, 3.05) is 65.7 Å². The number of hydrogen-bond donors (Lipinski definition) is 1. The van der Waals surface area contributed by atoms with Gasteiger partial charge >= 0.3 is 0 Å². The molecular formula is C31H39N3O7S. The van der Waals surface area contributed by atoms with Gasteiger partial charge in [0.15, 0.2) is 0 Å². The monoisotopic (exact) mass is 597 g/mol. The van der Waals surface area contributed by atoms with Crippen molar-refractivity contribution in [2.45, 2.75) is 37.1 Å². The van der Waals surface area contributed by atoms with Gasteiger partial charge in [0.1, 0.15) is 5.76 Å². The van der Waals surface area contributed by atoms with Crippen LogP contribution in [0.3, 0.4) is 0 Å². The highest BCUT2D eigenvalue weighted by Crippen LogP contribution is 2.40. The summed E-state index contributed by atoms with van der Waals surface area (Å²) in [5.41, 5.74) is 2.00. The summed E-state index contributed by atoms with van der Waals surface area (Å²) in [7, 11) is -3.73. The molecule has 2 aromatic rings. The first-order valence-electron chi connectivity index (χ1n) is 14.4. The third kappa shape index (κ3) is 6.16. The van der Waals surface area contributed by atoms with E-state index in [-0.39, 0.29) is 40.3 Å². The first-order chi connectivity index (χ1) is 20.0. The van der Waals surface area contributed by atoms with Crippen LogP contribution in [0.25, 0.3) is 5.76 Å². The average molecular weight is 598 g/mol. The normalized spacial score (nSPS) is 22.5. The lowest BCUT2D eigenvalue weighted by Gasteiger charge is -2.31. The molecule has 2 aromatic carbocycles. The number of rotatable bonds is 7. The van der Waals surface area contributed by atoms with Gasteiger partial charge in [-0.15, -0.1) is 0 Å². The number of benzene rings is 2. The summed E-state index contributed by atoms with van der Waals surface area (Å²) < 4.78 is 38.2. The molecule has 0 bridgehead atoms. The second-order valence-electron chi connectivity index (χ2n) is 11.9. The third-order valence-electron chi connectivity index (χ3n) is 8.13. The van der Waals surface area contributed by atoms with Gasteiger partial charge < -0.3 is 19.5 Å². The molecule has 11 heteroatoms. The highest BCUT2D eigenvalue weighted by atomic mass is 32.2. The Kier molecular flexibility index (Phi) is 8.86. The maximum absolute atomic E-state index is 13.5. The number of amides is 1. The lowest BCUT2D eigenvalue weighted by Crippen LogP contribution is -2.42. The molecule has 3 aliphatic rings. The molecule has 0 radical (unpaired) electrons. The minimum atomic E-state index is -3.73. The molecule has 0 aliphatic carbocycles. The predicted molar refractivity (Wildman–Crippen MR) is 157 cm³/mol. The number of ketones is 1. The quantitative estimate of drug-likeness (QED) is 0.294. The smallest absolute Gasteiger partial charge is 0.295 e. The Morgan fingerprint density at radius 1 is 0.857 bits per heavy atom. The first-order valence-corrected chi connectivity index (χ1v) is 15.8. The summed E-state index contributed by atoms with van der Waals surface area (Å²) in [6.07, 6.45) is 0. The molecule has 1 amide bonds. The van der Waals surface area contributed by atoms with E-state index in [1.807, 2.05) is 24.3 Å². The van der Waals surface area contributed by atoms with Crippen molar-refractivity contribution in [3.05, 3.63) is 70.8 Å². The number of ether oxygens (including phenoxy) is 2. The van der Waals surface area contributed by atoms with E-state index >= 15 is 0 Å². The zero-order chi connectivity index (χ0) is 30.1. The molecule has 3 saturated heterocycles. The van der Waals surface area contributed by atoms with Crippen molar-refractivity contribution in [1.29, 1.82) is 0 Å². The van der Waals surface area contributed by atoms with E-state index in [1.165, 1.54) is 33.5 Å². The number of aliphatic hydroxyl groups is 1. The molecule has 42 heavy (non-hydrogen) atoms. The van der Waals surface area contributed by atoms with Crippen molar-refractivity contribution in [1.82, 2.24) is 14.1 Å². The first kappa shape index (κ1) is 30.4. The number of carbonyl (C=O) groups excluding carboxylic acids is 2. The molecule has 0 spiro atoms. The number of morpholine rings is 2. The number of hydrogen-bond acceptors (Lipinski definition) is 8. The number of nitrogens with zero attached hydrogens (tertiary/aromatic N) is 3. The van der Waals surface area contributed by atoms with Crippen molar-refractivity contribution < 1.29 is 32.6 Å². The molecule has 3 aliphatic heterocycles. The van der Waals surface area contributed by atoms with Crippen LogP contribution in [0.5, 0.6) is 0 Å². The molecule has 5 rings (SSSR count). The Labute approximate surface area is 247 Å². The fourth-order valence-corrected chi connectivity index (χ4v) is 6.98. The molecule has 3 fully saturated rings. The Hall–Kier alpha value is -3.09. The molecule has 226 valence electrons. The number of Topliss-reactive ketones (excluding diaryl/α,β-unsaturated/α-hetero) is 1. The van der Waals surface area contributed by atoms with Gasteiger partial charge in [0.05, 0.1) is 42.9 Å². The lowest BCUT2D eigenvalue weighted by molar-refractivity contribution is -0.140. The summed E-state index contributed by atoms with van der Waals surface area (Å²) in [6.45, 7) is 11.1. The van der Waals surface area contributed by atoms with Crippen molar-refractivity contribution in [3.63, 3.8) is 0 Å². The van der Waals surface area contributed by atoms with Crippen molar-refractivity contribution in [2.24, 2.45) is 0 Å². The van der Waals surface area contributed by atoms with Gasteiger partial charge in [-0.3, -0.25) is 14.5 Å². The zero-order valence-electron chi connectivity index (χ0n) is 24.4. The van der Waals surface area contributed by atoms with Crippen LogP contribution < -0.4 is 0 Å². The van der Waals surface area contributed by atoms with Gasteiger partial charge in [0.25, 0.3) is 11.7 Å². The molecule has 0 saturated carbocycles. The Morgan fingerprint density at radius 2 is 1.43 bits per heavy atom. The largest absolute Gasteiger partial charge is 0.507 e. The fourth-order valence-electron chi connectivity index (χ4n) is 5.57. The summed E-state index contributed by atoms with van der Waals surface area (Å²) in [5.74, 6) is -1.76. The molecule has 1 atom stereocenters. The maximum atomic E-state index is 13.5. The summed E-state index contributed by atoms with van der Waals surface area (Å²) >= 11 is 0. The Balaban J connectivity index is 1.50. The number of carbonyl (C=O) groups is 2. The van der Waals surface area contributed by atoms with E-state index in [4.69, 9.17) is 9.47 Å². The van der Waals surface area contributed by atoms with Gasteiger partial charge in [0, 0.05) is 44.8 Å². The van der Waals surface area contributed by atoms with E-state index in [1.54, 1.807) is 0 Å². The van der Waals surface area contributed by atoms with Crippen LogP contribution in [-0.2, 0) is 34.5 Å². The third-order valence-corrected chi connectivity index (χ3v) is 10.0. The number of likely N-dealkylation sites (tertiary alicyclic amines) is 1. The van der Waals surface area contributed by atoms with Crippen LogP contribution in [0.4, 0.5) is 0 Å². The van der Waals surface area contributed by atoms with Crippen LogP contribution >= 0.6 is 0 Å². The van der Waals surface area contributed by atoms with E-state index in [0.29, 0.717) is 39.5 Å². The minimum absolute atomic E-state index is 0.00530. The molecule has 1 unspecified atom stereocenters. The Bertz CT molecular complexity index is 1430. The second kappa shape index (κ2) is 12.3. The van der Waals surface area contributed by atoms with Gasteiger partial charge in [-0.2, -0.15) is 4.31 Å². The van der Waals surface area contributed by atoms with E-state index < -0.39 is 27.8 Å². The SMILES string of the molecule is CC(C)(C)c1ccc(C2C(=C(O)c3ccc(S(=O)(=O)N4CCOCC4)cc3)C(=O)C(=O)N2CCN2CCOCC2)cc1. The summed E-state index contributed by atoms with van der Waals surface area (Å²) in [4.78, 5) is 30.7. The standard InChI is InChI=1S/C31H39N3O7S/c1-31(2,3)24-8-4-22(5-9-24)27-26(29(36)30(37)34(27)13-12-32-14-18-40-19-15-32)28(35)23-6-10-25(11-7-23)42(38,39)33-16-20-41-21-17-33/h4-11,27,35H,12-21H2,1-3H3. The predicted octanol–water partition coefficient (Wildman–Crippen LogP) is 2.76. The Morgan fingerprint density at radius 3 is 2.00 bits per heavy atom. The van der Waals surface area contributed by atoms with Crippen LogP contribution in [-0.4, -0.2) is 105 Å². The molecule has 1 N–H and O–H groups in total. The van der Waals surface area contributed by atoms with Crippen LogP contribution in [0, 0.1) is 0 Å². The summed E-state index contributed by atoms with van der Waals surface area (Å²) in [6, 6.07) is 12.8. The van der Waals surface area contributed by atoms with Crippen molar-refractivity contribution in [3.8, 4) is 0 Å². The fraction of sp³-hybridized carbons (Fsp3) is 0.484. The number of aliphatic hydroxyl groups excluding tert-OH is 1. The van der Waals surface area contributed by atoms with Crippen LogP contribution in [0.1, 0.15) is 43.5 Å². The summed E-state index contributed by atoms with van der Waals surface area (Å²) in [5, 5.41) is 11.5. The maximum Gasteiger partial charge on any atom is 0.295 e. The van der Waals surface area contributed by atoms with Gasteiger partial charge in [-0.05, 0) is 40.8 Å². The highest BCUT2D eigenvalue weighted by Gasteiger charge is 2.46. The molecule has 3 heterocycles. The number of sulfonamides is 1. The van der Waals surface area contributed by atoms with Gasteiger partial charge in [-0.1, -0.05) is 45.0 Å². The van der Waals surface area contributed by atoms with Crippen LogP contribution in [0.15, 0.2) is 59.0 Å². The van der Waals surface area contributed by atoms with Crippen molar-refractivity contribution >= 4 is 27.5 Å². The molecule has 0 aromatic heterocycles. The molecule has 10 nitrogen and oxygen atoms in total. The van der Waals surface area contributed by atoms with Crippen LogP contribution in [0.2, 0.25) is 0 Å². The van der Waals surface area contributed by atoms with Gasteiger partial charge in [-0.25, -0.2) is 8.42 Å². The minimum Gasteiger partial charge on any atom is -0.507 e. The average Bonchev–Trinajstić information content (AvgIpc) is 3.25. The van der Waals surface area contributed by atoms with Gasteiger partial charge in [0.2, 0.25) is 10.0 Å². The van der Waals surface area contributed by atoms with E-state index in [9.17, 15) is 23.1 Å². The highest BCUT2D eigenvalue weighted by molar-refractivity contribution is 7.89. The lowest BCUT2D eigenvalue weighted by atomic mass is 9.85. The van der Waals surface area contributed by atoms with E-state index in [0.717, 1.165) is 24.2 Å². The van der Waals surface area contributed by atoms with E-state index in [2.05, 4.69) is 25.7 Å².